The summed E-state index contributed by atoms with van der Waals surface area (Å²) in [6, 6.07) is 3.89. The molecule has 0 aromatic carbocycles. The number of alkyl halides is 1. The van der Waals surface area contributed by atoms with Gasteiger partial charge in [0.05, 0.1) is 4.34 Å². The average Bonchev–Trinajstić information content (AvgIpc) is 2.37. The molecule has 0 spiro atoms. The van der Waals surface area contributed by atoms with Crippen LogP contribution in [0.15, 0.2) is 18.2 Å². The van der Waals surface area contributed by atoms with Crippen molar-refractivity contribution in [1.29, 1.82) is 0 Å². The minimum absolute atomic E-state index is 0.676. The zero-order valence-electron chi connectivity index (χ0n) is 5.89. The third kappa shape index (κ3) is 3.28. The second-order valence-corrected chi connectivity index (χ2v) is 4.15. The number of hydrogen-bond donors (Lipinski definition) is 0. The summed E-state index contributed by atoms with van der Waals surface area (Å²) in [4.78, 5) is 1.18. The Morgan fingerprint density at radius 2 is 2.27 bits per heavy atom. The first-order chi connectivity index (χ1) is 5.33. The Balaban J connectivity index is 2.50. The third-order valence-electron chi connectivity index (χ3n) is 1.15. The van der Waals surface area contributed by atoms with Crippen LogP contribution in [0.4, 0.5) is 0 Å². The van der Waals surface area contributed by atoms with Gasteiger partial charge in [-0.25, -0.2) is 0 Å². The molecule has 11 heavy (non-hydrogen) atoms. The maximum Gasteiger partial charge on any atom is 0.0934 e. The second kappa shape index (κ2) is 4.81. The van der Waals surface area contributed by atoms with Crippen molar-refractivity contribution < 1.29 is 0 Å². The number of rotatable bonds is 3. The average molecular weight is 207 g/mol. The van der Waals surface area contributed by atoms with E-state index in [0.717, 1.165) is 10.8 Å². The van der Waals surface area contributed by atoms with Gasteiger partial charge < -0.3 is 0 Å². The van der Waals surface area contributed by atoms with E-state index in [1.807, 2.05) is 18.2 Å². The van der Waals surface area contributed by atoms with Gasteiger partial charge in [-0.15, -0.1) is 22.9 Å². The minimum Gasteiger partial charge on any atom is -0.126 e. The molecule has 1 aromatic rings. The Kier molecular flexibility index (Phi) is 3.98. The molecule has 0 aliphatic carbocycles. The molecule has 0 fully saturated rings. The predicted molar refractivity (Wildman–Crippen MR) is 53.7 cm³/mol. The Morgan fingerprint density at radius 1 is 1.45 bits per heavy atom. The summed E-state index contributed by atoms with van der Waals surface area (Å²) in [6.45, 7) is 0. The van der Waals surface area contributed by atoms with Crippen molar-refractivity contribution in [3.63, 3.8) is 0 Å². The van der Waals surface area contributed by atoms with Crippen LogP contribution in [-0.4, -0.2) is 5.88 Å². The highest BCUT2D eigenvalue weighted by molar-refractivity contribution is 7.16. The molecule has 0 nitrogen and oxygen atoms in total. The lowest BCUT2D eigenvalue weighted by Gasteiger charge is -1.82. The molecule has 0 aliphatic heterocycles. The lowest BCUT2D eigenvalue weighted by Crippen LogP contribution is -1.64. The van der Waals surface area contributed by atoms with Crippen LogP contribution in [-0.2, 0) is 0 Å². The Morgan fingerprint density at radius 3 is 2.82 bits per heavy atom. The number of halogens is 2. The number of hydrogen-bond acceptors (Lipinski definition) is 1. The fraction of sp³-hybridized carbons (Fsp3) is 0.250. The second-order valence-electron chi connectivity index (χ2n) is 2.02. The molecule has 0 unspecified atom stereocenters. The molecular formula is C8H8Cl2S. The summed E-state index contributed by atoms with van der Waals surface area (Å²) in [5.41, 5.74) is 0. The maximum atomic E-state index is 5.73. The molecule has 60 valence electrons. The van der Waals surface area contributed by atoms with E-state index < -0.39 is 0 Å². The zero-order chi connectivity index (χ0) is 8.10. The van der Waals surface area contributed by atoms with Gasteiger partial charge in [0.2, 0.25) is 0 Å². The molecule has 1 rings (SSSR count). The quantitative estimate of drug-likeness (QED) is 0.656. The van der Waals surface area contributed by atoms with Gasteiger partial charge in [0.1, 0.15) is 0 Å². The predicted octanol–water partition coefficient (Wildman–Crippen LogP) is 4.04. The highest BCUT2D eigenvalue weighted by Gasteiger charge is 1.91. The van der Waals surface area contributed by atoms with Crippen LogP contribution < -0.4 is 0 Å². The van der Waals surface area contributed by atoms with Gasteiger partial charge in [-0.1, -0.05) is 17.7 Å². The zero-order valence-corrected chi connectivity index (χ0v) is 8.22. The van der Waals surface area contributed by atoms with Gasteiger partial charge in [-0.3, -0.25) is 0 Å². The van der Waals surface area contributed by atoms with E-state index in [-0.39, 0.29) is 0 Å². The summed E-state index contributed by atoms with van der Waals surface area (Å²) in [6.07, 6.45) is 5.01. The molecule has 0 aliphatic rings. The van der Waals surface area contributed by atoms with E-state index in [4.69, 9.17) is 23.2 Å². The SMILES string of the molecule is ClCC/C=C/c1ccc(Cl)s1. The van der Waals surface area contributed by atoms with Crippen molar-refractivity contribution in [3.8, 4) is 0 Å². The highest BCUT2D eigenvalue weighted by atomic mass is 35.5. The van der Waals surface area contributed by atoms with E-state index >= 15 is 0 Å². The smallest absolute Gasteiger partial charge is 0.0934 e. The van der Waals surface area contributed by atoms with Crippen molar-refractivity contribution in [3.05, 3.63) is 27.4 Å². The first-order valence-electron chi connectivity index (χ1n) is 3.31. The first kappa shape index (κ1) is 9.11. The molecule has 0 atom stereocenters. The summed E-state index contributed by atoms with van der Waals surface area (Å²) in [7, 11) is 0. The summed E-state index contributed by atoms with van der Waals surface area (Å²) < 4.78 is 0.829. The minimum atomic E-state index is 0.676. The van der Waals surface area contributed by atoms with Crippen molar-refractivity contribution in [2.45, 2.75) is 6.42 Å². The molecular weight excluding hydrogens is 199 g/mol. The Hall–Kier alpha value is 0.0200. The molecule has 0 radical (unpaired) electrons. The molecule has 0 saturated carbocycles. The van der Waals surface area contributed by atoms with Gasteiger partial charge in [-0.2, -0.15) is 0 Å². The van der Waals surface area contributed by atoms with Crippen molar-refractivity contribution >= 4 is 40.6 Å². The van der Waals surface area contributed by atoms with Crippen molar-refractivity contribution in [2.75, 3.05) is 5.88 Å². The van der Waals surface area contributed by atoms with E-state index in [1.165, 1.54) is 4.88 Å². The summed E-state index contributed by atoms with van der Waals surface area (Å²) in [5.74, 6) is 0.676. The number of thiophene rings is 1. The van der Waals surface area contributed by atoms with Crippen LogP contribution in [0.25, 0.3) is 6.08 Å². The van der Waals surface area contributed by atoms with Crippen molar-refractivity contribution in [2.24, 2.45) is 0 Å². The number of allylic oxidation sites excluding steroid dienone is 1. The van der Waals surface area contributed by atoms with Crippen LogP contribution in [0.1, 0.15) is 11.3 Å². The lowest BCUT2D eigenvalue weighted by molar-refractivity contribution is 1.25. The van der Waals surface area contributed by atoms with Crippen LogP contribution in [0.5, 0.6) is 0 Å². The molecule has 0 N–H and O–H groups in total. The molecule has 3 heteroatoms. The molecule has 1 aromatic heterocycles. The fourth-order valence-corrected chi connectivity index (χ4v) is 1.80. The lowest BCUT2D eigenvalue weighted by atomic mass is 10.4. The summed E-state index contributed by atoms with van der Waals surface area (Å²) in [5, 5.41) is 0. The van der Waals surface area contributed by atoms with Crippen LogP contribution >= 0.6 is 34.5 Å². The normalized spacial score (nSPS) is 11.1. The van der Waals surface area contributed by atoms with Gasteiger partial charge in [-0.05, 0) is 24.6 Å². The van der Waals surface area contributed by atoms with Crippen LogP contribution in [0, 0.1) is 0 Å². The van der Waals surface area contributed by atoms with E-state index in [0.29, 0.717) is 5.88 Å². The topological polar surface area (TPSA) is 0 Å². The van der Waals surface area contributed by atoms with Gasteiger partial charge >= 0.3 is 0 Å². The van der Waals surface area contributed by atoms with Crippen LogP contribution in [0.2, 0.25) is 4.34 Å². The largest absolute Gasteiger partial charge is 0.126 e. The Bertz CT molecular complexity index is 240. The molecule has 0 bridgehead atoms. The standard InChI is InChI=1S/C8H8Cl2S/c9-6-2-1-3-7-4-5-8(10)11-7/h1,3-5H,2,6H2/b3-1+. The van der Waals surface area contributed by atoms with E-state index in [9.17, 15) is 0 Å². The van der Waals surface area contributed by atoms with E-state index in [1.54, 1.807) is 11.3 Å². The molecule has 0 saturated heterocycles. The molecule has 0 amide bonds. The third-order valence-corrected chi connectivity index (χ3v) is 2.57. The van der Waals surface area contributed by atoms with Gasteiger partial charge in [0.15, 0.2) is 0 Å². The van der Waals surface area contributed by atoms with E-state index in [2.05, 4.69) is 6.08 Å². The fourth-order valence-electron chi connectivity index (χ4n) is 0.680. The molecule has 1 heterocycles. The summed E-state index contributed by atoms with van der Waals surface area (Å²) >= 11 is 12.8. The first-order valence-corrected chi connectivity index (χ1v) is 5.03. The van der Waals surface area contributed by atoms with Crippen LogP contribution in [0.3, 0.4) is 0 Å². The highest BCUT2D eigenvalue weighted by Crippen LogP contribution is 2.22. The van der Waals surface area contributed by atoms with Gasteiger partial charge in [0, 0.05) is 10.8 Å². The van der Waals surface area contributed by atoms with Crippen molar-refractivity contribution in [1.82, 2.24) is 0 Å². The maximum absolute atomic E-state index is 5.73. The van der Waals surface area contributed by atoms with Gasteiger partial charge in [0.25, 0.3) is 0 Å². The Labute approximate surface area is 80.4 Å². The monoisotopic (exact) mass is 206 g/mol.